The maximum Gasteiger partial charge on any atom is 0.354 e. The molecule has 5 nitrogen and oxygen atoms in total. The van der Waals surface area contributed by atoms with Gasteiger partial charge in [0.2, 0.25) is 5.78 Å². The van der Waals surface area contributed by atoms with E-state index in [-0.39, 0.29) is 20.9 Å². The molecule has 0 aliphatic rings. The van der Waals surface area contributed by atoms with Crippen LogP contribution in [0.2, 0.25) is 20.2 Å². The van der Waals surface area contributed by atoms with Gasteiger partial charge in [-0.3, -0.25) is 8.97 Å². The lowest BCUT2D eigenvalue weighted by Crippen LogP contribution is -2.03. The molecule has 1 aromatic carbocycles. The van der Waals surface area contributed by atoms with Gasteiger partial charge in [0.05, 0.1) is 21.4 Å². The molecule has 0 bridgehead atoms. The summed E-state index contributed by atoms with van der Waals surface area (Å²) in [5.41, 5.74) is 0.894. The minimum Gasteiger partial charge on any atom is -0.477 e. The summed E-state index contributed by atoms with van der Waals surface area (Å²) in [4.78, 5) is 15.9. The van der Waals surface area contributed by atoms with Gasteiger partial charge in [0.1, 0.15) is 5.15 Å². The first kappa shape index (κ1) is 16.5. The number of hydrogen-bond donors (Lipinski definition) is 1. The first-order chi connectivity index (χ1) is 10.8. The number of aryl methyl sites for hydroxylation is 1. The highest BCUT2D eigenvalue weighted by Crippen LogP contribution is 2.36. The van der Waals surface area contributed by atoms with Crippen LogP contribution in [0.25, 0.3) is 11.5 Å². The maximum absolute atomic E-state index is 11.5. The van der Waals surface area contributed by atoms with Crippen molar-refractivity contribution in [3.8, 4) is 5.69 Å². The molecule has 0 unspecified atom stereocenters. The molecule has 2 heterocycles. The van der Waals surface area contributed by atoms with Gasteiger partial charge in [-0.15, -0.1) is 0 Å². The standard InChI is InChI=1S/C14H9Cl4N3O2/c1-2-9-12(13(22)23)20-5-10(18)21(14(20)19-9)11-7(16)3-6(15)4-8(11)17/h3-5H,2H2,1H3,(H,22,23). The first-order valence-electron chi connectivity index (χ1n) is 6.51. The zero-order valence-corrected chi connectivity index (χ0v) is 14.7. The smallest absolute Gasteiger partial charge is 0.354 e. The Morgan fingerprint density at radius 3 is 2.35 bits per heavy atom. The van der Waals surface area contributed by atoms with Gasteiger partial charge >= 0.3 is 5.97 Å². The summed E-state index contributed by atoms with van der Waals surface area (Å²) in [6, 6.07) is 3.05. The maximum atomic E-state index is 11.5. The summed E-state index contributed by atoms with van der Waals surface area (Å²) in [5, 5.41) is 10.6. The van der Waals surface area contributed by atoms with E-state index in [1.807, 2.05) is 6.92 Å². The fourth-order valence-corrected chi connectivity index (χ4v) is 3.68. The molecular formula is C14H9Cl4N3O2. The van der Waals surface area contributed by atoms with Crippen LogP contribution in [0.4, 0.5) is 0 Å². The molecule has 0 spiro atoms. The minimum atomic E-state index is -1.09. The highest BCUT2D eigenvalue weighted by molar-refractivity contribution is 6.41. The van der Waals surface area contributed by atoms with Gasteiger partial charge in [-0.25, -0.2) is 9.78 Å². The number of halogens is 4. The number of carboxylic acids is 1. The molecule has 3 aromatic rings. The van der Waals surface area contributed by atoms with Gasteiger partial charge in [-0.2, -0.15) is 0 Å². The molecule has 9 heteroatoms. The van der Waals surface area contributed by atoms with Crippen molar-refractivity contribution >= 4 is 58.2 Å². The van der Waals surface area contributed by atoms with Crippen molar-refractivity contribution in [3.63, 3.8) is 0 Å². The molecule has 0 amide bonds. The van der Waals surface area contributed by atoms with Crippen LogP contribution >= 0.6 is 46.4 Å². The first-order valence-corrected chi connectivity index (χ1v) is 8.02. The third-order valence-corrected chi connectivity index (χ3v) is 4.42. The Kier molecular flexibility index (Phi) is 4.23. The quantitative estimate of drug-likeness (QED) is 0.682. The van der Waals surface area contributed by atoms with E-state index in [1.54, 1.807) is 0 Å². The van der Waals surface area contributed by atoms with Gasteiger partial charge < -0.3 is 5.11 Å². The van der Waals surface area contributed by atoms with Crippen molar-refractivity contribution < 1.29 is 9.90 Å². The van der Waals surface area contributed by atoms with Crippen molar-refractivity contribution in [3.05, 3.63) is 49.9 Å². The second-order valence-corrected chi connectivity index (χ2v) is 6.38. The highest BCUT2D eigenvalue weighted by Gasteiger charge is 2.24. The highest BCUT2D eigenvalue weighted by atomic mass is 35.5. The zero-order chi connectivity index (χ0) is 16.9. The van der Waals surface area contributed by atoms with E-state index in [0.717, 1.165) is 0 Å². The number of carboxylic acid groups (broad SMARTS) is 1. The largest absolute Gasteiger partial charge is 0.477 e. The SMILES string of the molecule is CCc1nc2n(-c3c(Cl)cc(Cl)cc3Cl)c(Cl)cn2c1C(=O)O. The summed E-state index contributed by atoms with van der Waals surface area (Å²) in [6.45, 7) is 1.82. The average molecular weight is 393 g/mol. The van der Waals surface area contributed by atoms with E-state index in [4.69, 9.17) is 46.4 Å². The van der Waals surface area contributed by atoms with E-state index in [9.17, 15) is 9.90 Å². The number of aromatic nitrogens is 3. The van der Waals surface area contributed by atoms with Crippen molar-refractivity contribution in [1.29, 1.82) is 0 Å². The Morgan fingerprint density at radius 2 is 1.83 bits per heavy atom. The average Bonchev–Trinajstić information content (AvgIpc) is 2.93. The molecule has 23 heavy (non-hydrogen) atoms. The fourth-order valence-electron chi connectivity index (χ4n) is 2.43. The molecule has 0 aliphatic heterocycles. The van der Waals surface area contributed by atoms with E-state index in [0.29, 0.717) is 28.6 Å². The van der Waals surface area contributed by atoms with E-state index in [1.165, 1.54) is 27.3 Å². The molecule has 1 N–H and O–H groups in total. The molecule has 120 valence electrons. The van der Waals surface area contributed by atoms with Gasteiger partial charge in [0.15, 0.2) is 5.69 Å². The van der Waals surface area contributed by atoms with E-state index >= 15 is 0 Å². The molecule has 0 aliphatic carbocycles. The Morgan fingerprint density at radius 1 is 1.22 bits per heavy atom. The molecule has 0 radical (unpaired) electrons. The number of nitrogens with zero attached hydrogens (tertiary/aromatic N) is 3. The van der Waals surface area contributed by atoms with Crippen LogP contribution < -0.4 is 0 Å². The number of hydrogen-bond acceptors (Lipinski definition) is 2. The summed E-state index contributed by atoms with van der Waals surface area (Å²) in [6.07, 6.45) is 1.93. The van der Waals surface area contributed by atoms with Gasteiger partial charge in [-0.1, -0.05) is 53.3 Å². The van der Waals surface area contributed by atoms with Gasteiger partial charge in [0, 0.05) is 11.2 Å². The third kappa shape index (κ3) is 2.58. The summed E-state index contributed by atoms with van der Waals surface area (Å²) in [5.74, 6) is -0.771. The predicted molar refractivity (Wildman–Crippen MR) is 90.9 cm³/mol. The molecular weight excluding hydrogens is 384 g/mol. The minimum absolute atomic E-state index is 0.0596. The zero-order valence-electron chi connectivity index (χ0n) is 11.6. The van der Waals surface area contributed by atoms with Crippen LogP contribution in [0.3, 0.4) is 0 Å². The summed E-state index contributed by atoms with van der Waals surface area (Å²) in [7, 11) is 0. The predicted octanol–water partition coefficient (Wildman–Crippen LogP) is 5.00. The number of rotatable bonds is 3. The van der Waals surface area contributed by atoms with Crippen LogP contribution in [-0.4, -0.2) is 25.0 Å². The van der Waals surface area contributed by atoms with Crippen LogP contribution in [0.15, 0.2) is 18.3 Å². The lowest BCUT2D eigenvalue weighted by Gasteiger charge is -2.10. The van der Waals surface area contributed by atoms with Crippen molar-refractivity contribution in [2.75, 3.05) is 0 Å². The third-order valence-electron chi connectivity index (χ3n) is 3.36. The van der Waals surface area contributed by atoms with Gasteiger partial charge in [-0.05, 0) is 18.6 Å². The lowest BCUT2D eigenvalue weighted by atomic mass is 10.2. The van der Waals surface area contributed by atoms with Crippen molar-refractivity contribution in [2.45, 2.75) is 13.3 Å². The van der Waals surface area contributed by atoms with Crippen molar-refractivity contribution in [1.82, 2.24) is 14.0 Å². The number of imidazole rings is 2. The van der Waals surface area contributed by atoms with Crippen LogP contribution in [-0.2, 0) is 6.42 Å². The molecule has 0 saturated carbocycles. The van der Waals surface area contributed by atoms with Crippen molar-refractivity contribution in [2.24, 2.45) is 0 Å². The normalized spacial score (nSPS) is 11.3. The number of benzene rings is 1. The number of fused-ring (bicyclic) bond motifs is 1. The summed E-state index contributed by atoms with van der Waals surface area (Å²) < 4.78 is 2.90. The topological polar surface area (TPSA) is 59.5 Å². The monoisotopic (exact) mass is 391 g/mol. The molecule has 2 aromatic heterocycles. The summed E-state index contributed by atoms with van der Waals surface area (Å²) >= 11 is 24.7. The molecule has 0 saturated heterocycles. The van der Waals surface area contributed by atoms with Crippen LogP contribution in [0, 0.1) is 0 Å². The number of aromatic carboxylic acids is 1. The Hall–Kier alpha value is -1.40. The molecule has 0 fully saturated rings. The Labute approximate surface area is 151 Å². The van der Waals surface area contributed by atoms with Gasteiger partial charge in [0.25, 0.3) is 0 Å². The fraction of sp³-hybridized carbons (Fsp3) is 0.143. The second kappa shape index (κ2) is 5.91. The lowest BCUT2D eigenvalue weighted by molar-refractivity contribution is 0.0688. The van der Waals surface area contributed by atoms with E-state index in [2.05, 4.69) is 4.98 Å². The van der Waals surface area contributed by atoms with Crippen LogP contribution in [0.1, 0.15) is 23.1 Å². The van der Waals surface area contributed by atoms with Crippen LogP contribution in [0.5, 0.6) is 0 Å². The Balaban J connectivity index is 2.40. The van der Waals surface area contributed by atoms with E-state index < -0.39 is 5.97 Å². The second-order valence-electron chi connectivity index (χ2n) is 4.74. The molecule has 3 rings (SSSR count). The number of carbonyl (C=O) groups is 1. The molecule has 0 atom stereocenters. The Bertz CT molecular complexity index is 922.